The summed E-state index contributed by atoms with van der Waals surface area (Å²) in [4.78, 5) is 28.2. The molecule has 6 nitrogen and oxygen atoms in total. The van der Waals surface area contributed by atoms with E-state index in [9.17, 15) is 9.59 Å². The Morgan fingerprint density at radius 1 is 1.15 bits per heavy atom. The van der Waals surface area contributed by atoms with E-state index < -0.39 is 0 Å². The summed E-state index contributed by atoms with van der Waals surface area (Å²) in [7, 11) is 0. The molecule has 1 N–H and O–H groups in total. The molecular formula is C21H20N4O2. The van der Waals surface area contributed by atoms with Crippen LogP contribution in [-0.2, 0) is 4.79 Å². The zero-order valence-corrected chi connectivity index (χ0v) is 14.9. The van der Waals surface area contributed by atoms with Gasteiger partial charge in [0.1, 0.15) is 0 Å². The fourth-order valence-corrected chi connectivity index (χ4v) is 3.56. The van der Waals surface area contributed by atoms with Crippen LogP contribution in [0.4, 0.5) is 11.4 Å². The first kappa shape index (κ1) is 17.1. The summed E-state index contributed by atoms with van der Waals surface area (Å²) in [6.07, 6.45) is 1.44. The van der Waals surface area contributed by atoms with E-state index in [0.717, 1.165) is 17.8 Å². The number of anilines is 2. The number of nitrogens with zero attached hydrogens (tertiary/aromatic N) is 3. The molecule has 6 heteroatoms. The fraction of sp³-hybridized carbons (Fsp3) is 0.286. The van der Waals surface area contributed by atoms with Crippen molar-refractivity contribution in [1.82, 2.24) is 4.90 Å². The van der Waals surface area contributed by atoms with Crippen LogP contribution < -0.4 is 10.2 Å². The Bertz CT molecular complexity index is 928. The van der Waals surface area contributed by atoms with Crippen LogP contribution in [0.15, 0.2) is 48.5 Å². The van der Waals surface area contributed by atoms with E-state index in [0.29, 0.717) is 37.2 Å². The van der Waals surface area contributed by atoms with Crippen molar-refractivity contribution in [2.75, 3.05) is 29.9 Å². The number of hydrogen-bond donors (Lipinski definition) is 1. The molecule has 0 spiro atoms. The Kier molecular flexibility index (Phi) is 4.51. The van der Waals surface area contributed by atoms with E-state index in [1.807, 2.05) is 30.3 Å². The molecule has 2 aliphatic rings. The van der Waals surface area contributed by atoms with E-state index >= 15 is 0 Å². The first-order chi connectivity index (χ1) is 13.1. The van der Waals surface area contributed by atoms with Crippen molar-refractivity contribution in [3.05, 3.63) is 59.7 Å². The minimum atomic E-state index is -0.0210. The van der Waals surface area contributed by atoms with Crippen LogP contribution in [0.3, 0.4) is 0 Å². The normalized spacial score (nSPS) is 16.8. The van der Waals surface area contributed by atoms with E-state index in [4.69, 9.17) is 5.26 Å². The standard InChI is InChI=1S/C21H20N4O2/c22-12-15-4-1-6-17(10-15)23-18-13-24(14-18)21(27)16-5-2-7-19(11-16)25-9-3-8-20(25)26/h1-2,4-7,10-11,18,23H,3,8-9,13-14H2. The molecule has 2 amide bonds. The van der Waals surface area contributed by atoms with Crippen LogP contribution in [0, 0.1) is 11.3 Å². The molecule has 2 aromatic carbocycles. The van der Waals surface area contributed by atoms with E-state index in [1.165, 1.54) is 0 Å². The molecule has 0 bridgehead atoms. The molecular weight excluding hydrogens is 340 g/mol. The smallest absolute Gasteiger partial charge is 0.254 e. The number of nitrogens with one attached hydrogen (secondary N) is 1. The van der Waals surface area contributed by atoms with Crippen LogP contribution in [0.5, 0.6) is 0 Å². The third-order valence-electron chi connectivity index (χ3n) is 5.01. The van der Waals surface area contributed by atoms with Gasteiger partial charge in [-0.3, -0.25) is 9.59 Å². The number of carbonyl (C=O) groups excluding carboxylic acids is 2. The van der Waals surface area contributed by atoms with E-state index in [-0.39, 0.29) is 17.9 Å². The highest BCUT2D eigenvalue weighted by molar-refractivity contribution is 5.99. The van der Waals surface area contributed by atoms with Gasteiger partial charge in [0.2, 0.25) is 5.91 Å². The second kappa shape index (κ2) is 7.12. The van der Waals surface area contributed by atoms with Gasteiger partial charge < -0.3 is 15.1 Å². The summed E-state index contributed by atoms with van der Waals surface area (Å²) in [5, 5.41) is 12.3. The topological polar surface area (TPSA) is 76.4 Å². The number of amides is 2. The zero-order chi connectivity index (χ0) is 18.8. The quantitative estimate of drug-likeness (QED) is 0.909. The highest BCUT2D eigenvalue weighted by atomic mass is 16.2. The third kappa shape index (κ3) is 3.49. The van der Waals surface area contributed by atoms with Crippen molar-refractivity contribution in [3.8, 4) is 6.07 Å². The van der Waals surface area contributed by atoms with Gasteiger partial charge in [-0.1, -0.05) is 12.1 Å². The van der Waals surface area contributed by atoms with Gasteiger partial charge in [-0.15, -0.1) is 0 Å². The Balaban J connectivity index is 1.37. The van der Waals surface area contributed by atoms with Gasteiger partial charge in [-0.2, -0.15) is 5.26 Å². The molecule has 4 rings (SSSR count). The lowest BCUT2D eigenvalue weighted by Gasteiger charge is -2.40. The largest absolute Gasteiger partial charge is 0.379 e. The Morgan fingerprint density at radius 3 is 2.70 bits per heavy atom. The van der Waals surface area contributed by atoms with Crippen LogP contribution >= 0.6 is 0 Å². The molecule has 0 radical (unpaired) electrons. The summed E-state index contributed by atoms with van der Waals surface area (Å²) < 4.78 is 0. The molecule has 0 aliphatic carbocycles. The molecule has 2 fully saturated rings. The predicted octanol–water partition coefficient (Wildman–Crippen LogP) is 2.62. The molecule has 2 aliphatic heterocycles. The maximum atomic E-state index is 12.7. The number of rotatable bonds is 4. The summed E-state index contributed by atoms with van der Waals surface area (Å²) in [6, 6.07) is 16.9. The van der Waals surface area contributed by atoms with Gasteiger partial charge in [-0.25, -0.2) is 0 Å². The Hall–Kier alpha value is -3.33. The molecule has 2 saturated heterocycles. The minimum absolute atomic E-state index is 0.0210. The van der Waals surface area contributed by atoms with Gasteiger partial charge in [0.25, 0.3) is 5.91 Å². The summed E-state index contributed by atoms with van der Waals surface area (Å²) >= 11 is 0. The van der Waals surface area contributed by atoms with Crippen LogP contribution in [0.2, 0.25) is 0 Å². The average Bonchev–Trinajstić information content (AvgIpc) is 3.10. The maximum Gasteiger partial charge on any atom is 0.254 e. The van der Waals surface area contributed by atoms with Gasteiger partial charge in [-0.05, 0) is 42.8 Å². The summed E-state index contributed by atoms with van der Waals surface area (Å²) in [5.41, 5.74) is 2.91. The predicted molar refractivity (Wildman–Crippen MR) is 103 cm³/mol. The number of likely N-dealkylation sites (tertiary alicyclic amines) is 1. The minimum Gasteiger partial charge on any atom is -0.379 e. The molecule has 0 unspecified atom stereocenters. The van der Waals surface area contributed by atoms with Crippen molar-refractivity contribution in [2.24, 2.45) is 0 Å². The number of carbonyl (C=O) groups is 2. The number of benzene rings is 2. The van der Waals surface area contributed by atoms with Crippen molar-refractivity contribution < 1.29 is 9.59 Å². The molecule has 0 atom stereocenters. The van der Waals surface area contributed by atoms with Crippen molar-refractivity contribution >= 4 is 23.2 Å². The van der Waals surface area contributed by atoms with Gasteiger partial charge in [0.05, 0.1) is 17.7 Å². The fourth-order valence-electron chi connectivity index (χ4n) is 3.56. The lowest BCUT2D eigenvalue weighted by atomic mass is 10.1. The molecule has 136 valence electrons. The summed E-state index contributed by atoms with van der Waals surface area (Å²) in [5.74, 6) is 0.0970. The molecule has 0 saturated carbocycles. The molecule has 0 aromatic heterocycles. The maximum absolute atomic E-state index is 12.7. The second-order valence-electron chi connectivity index (χ2n) is 6.94. The molecule has 2 heterocycles. The van der Waals surface area contributed by atoms with E-state index in [2.05, 4.69) is 11.4 Å². The number of nitriles is 1. The SMILES string of the molecule is N#Cc1cccc(NC2CN(C(=O)c3cccc(N4CCCC4=O)c3)C2)c1. The van der Waals surface area contributed by atoms with Gasteiger partial charge in [0, 0.05) is 43.0 Å². The first-order valence-electron chi connectivity index (χ1n) is 9.10. The highest BCUT2D eigenvalue weighted by Crippen LogP contribution is 2.24. The van der Waals surface area contributed by atoms with Crippen molar-refractivity contribution in [3.63, 3.8) is 0 Å². The van der Waals surface area contributed by atoms with Crippen molar-refractivity contribution in [2.45, 2.75) is 18.9 Å². The van der Waals surface area contributed by atoms with Crippen molar-refractivity contribution in [1.29, 1.82) is 5.26 Å². The Labute approximate surface area is 158 Å². The highest BCUT2D eigenvalue weighted by Gasteiger charge is 2.31. The lowest BCUT2D eigenvalue weighted by Crippen LogP contribution is -2.57. The second-order valence-corrected chi connectivity index (χ2v) is 6.94. The zero-order valence-electron chi connectivity index (χ0n) is 14.9. The van der Waals surface area contributed by atoms with E-state index in [1.54, 1.807) is 28.0 Å². The van der Waals surface area contributed by atoms with Gasteiger partial charge >= 0.3 is 0 Å². The average molecular weight is 360 g/mol. The van der Waals surface area contributed by atoms with Crippen LogP contribution in [-0.4, -0.2) is 42.4 Å². The van der Waals surface area contributed by atoms with Gasteiger partial charge in [0.15, 0.2) is 0 Å². The lowest BCUT2D eigenvalue weighted by molar-refractivity contribution is -0.117. The number of hydrogen-bond acceptors (Lipinski definition) is 4. The summed E-state index contributed by atoms with van der Waals surface area (Å²) in [6.45, 7) is 1.94. The monoisotopic (exact) mass is 360 g/mol. The Morgan fingerprint density at radius 2 is 1.96 bits per heavy atom. The third-order valence-corrected chi connectivity index (χ3v) is 5.01. The molecule has 2 aromatic rings. The molecule has 27 heavy (non-hydrogen) atoms. The first-order valence-corrected chi connectivity index (χ1v) is 9.10. The van der Waals surface area contributed by atoms with Crippen LogP contribution in [0.1, 0.15) is 28.8 Å². The van der Waals surface area contributed by atoms with Crippen LogP contribution in [0.25, 0.3) is 0 Å².